The highest BCUT2D eigenvalue weighted by Gasteiger charge is 2.40. The van der Waals surface area contributed by atoms with Gasteiger partial charge in [-0.1, -0.05) is 13.8 Å². The Morgan fingerprint density at radius 1 is 1.17 bits per heavy atom. The maximum Gasteiger partial charge on any atom is 0.319 e. The van der Waals surface area contributed by atoms with Gasteiger partial charge < -0.3 is 26.2 Å². The number of nitrogens with zero attached hydrogens (tertiary/aromatic N) is 1. The number of halogens is 2. The Morgan fingerprint density at radius 3 is 2.49 bits per heavy atom. The second-order valence-electron chi connectivity index (χ2n) is 9.92. The van der Waals surface area contributed by atoms with Crippen LogP contribution in [0.25, 0.3) is 0 Å². The highest BCUT2D eigenvalue weighted by Crippen LogP contribution is 2.42. The van der Waals surface area contributed by atoms with E-state index in [1.54, 1.807) is 13.0 Å². The maximum absolute atomic E-state index is 14.1. The Hall–Kier alpha value is -3.11. The standard InChI is InChI=1S/C25H30F2N4O4/c1-12-8-18(21(30-20(12)23(28)33)13-4-6-35-7-5-13)29-24(34)31-22-14-9-16(26)17(27)10-15(14)25(2,3)11-19(22)32/h8-10,13,19,22,32H,4-7,11H2,1-3H3,(H2,28,33)(H2,29,31,34)/t19-,22-/m1/s1. The fourth-order valence-electron chi connectivity index (χ4n) is 5.10. The van der Waals surface area contributed by atoms with E-state index in [1.807, 2.05) is 13.8 Å². The predicted octanol–water partition coefficient (Wildman–Crippen LogP) is 3.57. The number of rotatable bonds is 4. The number of fused-ring (bicyclic) bond motifs is 1. The van der Waals surface area contributed by atoms with Crippen molar-refractivity contribution in [2.75, 3.05) is 18.5 Å². The lowest BCUT2D eigenvalue weighted by molar-refractivity contribution is 0.0844. The molecule has 1 aliphatic carbocycles. The van der Waals surface area contributed by atoms with Gasteiger partial charge in [0, 0.05) is 19.1 Å². The Bertz CT molecular complexity index is 1160. The smallest absolute Gasteiger partial charge is 0.319 e. The number of hydrogen-bond donors (Lipinski definition) is 4. The summed E-state index contributed by atoms with van der Waals surface area (Å²) in [5.41, 5.74) is 7.30. The zero-order chi connectivity index (χ0) is 25.5. The zero-order valence-electron chi connectivity index (χ0n) is 20.0. The number of urea groups is 1. The molecule has 8 nitrogen and oxygen atoms in total. The van der Waals surface area contributed by atoms with Gasteiger partial charge in [-0.05, 0) is 66.5 Å². The summed E-state index contributed by atoms with van der Waals surface area (Å²) in [6, 6.07) is 2.20. The second-order valence-corrected chi connectivity index (χ2v) is 9.92. The van der Waals surface area contributed by atoms with Crippen molar-refractivity contribution < 1.29 is 28.2 Å². The summed E-state index contributed by atoms with van der Waals surface area (Å²) in [5, 5.41) is 16.3. The molecular formula is C25H30F2N4O4. The molecule has 2 heterocycles. The quantitative estimate of drug-likeness (QED) is 0.523. The fourth-order valence-corrected chi connectivity index (χ4v) is 5.10. The normalized spacial score (nSPS) is 21.8. The van der Waals surface area contributed by atoms with Crippen LogP contribution in [0.4, 0.5) is 19.3 Å². The molecule has 1 aliphatic heterocycles. The van der Waals surface area contributed by atoms with Crippen LogP contribution in [0.3, 0.4) is 0 Å². The van der Waals surface area contributed by atoms with E-state index in [-0.39, 0.29) is 18.0 Å². The highest BCUT2D eigenvalue weighted by atomic mass is 19.2. The monoisotopic (exact) mass is 488 g/mol. The van der Waals surface area contributed by atoms with Gasteiger partial charge in [-0.15, -0.1) is 0 Å². The van der Waals surface area contributed by atoms with Crippen LogP contribution in [-0.2, 0) is 10.2 Å². The minimum absolute atomic E-state index is 0.0448. The first-order valence-electron chi connectivity index (χ1n) is 11.6. The van der Waals surface area contributed by atoms with E-state index in [0.29, 0.717) is 54.1 Å². The molecule has 5 N–H and O–H groups in total. The van der Waals surface area contributed by atoms with Crippen LogP contribution in [0, 0.1) is 18.6 Å². The number of carbonyl (C=O) groups excluding carboxylic acids is 2. The van der Waals surface area contributed by atoms with E-state index < -0.39 is 41.1 Å². The molecule has 188 valence electrons. The average molecular weight is 489 g/mol. The molecule has 1 aromatic heterocycles. The summed E-state index contributed by atoms with van der Waals surface area (Å²) in [4.78, 5) is 29.4. The average Bonchev–Trinajstić information content (AvgIpc) is 2.78. The minimum Gasteiger partial charge on any atom is -0.391 e. The SMILES string of the molecule is Cc1cc(NC(=O)N[C@@H]2c3cc(F)c(F)cc3C(C)(C)C[C@H]2O)c(C2CCOCC2)nc1C(N)=O. The van der Waals surface area contributed by atoms with Gasteiger partial charge in [0.2, 0.25) is 0 Å². The van der Waals surface area contributed by atoms with Crippen LogP contribution in [0.1, 0.15) is 77.9 Å². The molecule has 35 heavy (non-hydrogen) atoms. The molecule has 0 radical (unpaired) electrons. The van der Waals surface area contributed by atoms with Gasteiger partial charge in [0.05, 0.1) is 23.5 Å². The van der Waals surface area contributed by atoms with Crippen molar-refractivity contribution in [3.63, 3.8) is 0 Å². The van der Waals surface area contributed by atoms with Crippen LogP contribution in [0.2, 0.25) is 0 Å². The lowest BCUT2D eigenvalue weighted by Crippen LogP contribution is -2.45. The lowest BCUT2D eigenvalue weighted by atomic mass is 9.69. The largest absolute Gasteiger partial charge is 0.391 e. The number of aromatic nitrogens is 1. The van der Waals surface area contributed by atoms with Crippen LogP contribution in [0.5, 0.6) is 0 Å². The molecule has 2 aliphatic rings. The van der Waals surface area contributed by atoms with Crippen LogP contribution in [0.15, 0.2) is 18.2 Å². The molecule has 2 aromatic rings. The Labute approximate surface area is 202 Å². The maximum atomic E-state index is 14.1. The summed E-state index contributed by atoms with van der Waals surface area (Å²) in [5.74, 6) is -2.74. The van der Waals surface area contributed by atoms with Crippen molar-refractivity contribution in [3.8, 4) is 0 Å². The summed E-state index contributed by atoms with van der Waals surface area (Å²) >= 11 is 0. The van der Waals surface area contributed by atoms with Gasteiger partial charge >= 0.3 is 6.03 Å². The molecule has 0 saturated carbocycles. The topological polar surface area (TPSA) is 127 Å². The number of anilines is 1. The Balaban J connectivity index is 1.64. The summed E-state index contributed by atoms with van der Waals surface area (Å²) in [7, 11) is 0. The van der Waals surface area contributed by atoms with Crippen molar-refractivity contribution >= 4 is 17.6 Å². The predicted molar refractivity (Wildman–Crippen MR) is 125 cm³/mol. The Morgan fingerprint density at radius 2 is 1.83 bits per heavy atom. The van der Waals surface area contributed by atoms with Gasteiger partial charge in [0.1, 0.15) is 5.69 Å². The van der Waals surface area contributed by atoms with Gasteiger partial charge in [-0.3, -0.25) is 4.79 Å². The molecular weight excluding hydrogens is 458 g/mol. The van der Waals surface area contributed by atoms with Crippen LogP contribution in [-0.4, -0.2) is 41.3 Å². The molecule has 1 fully saturated rings. The molecule has 0 bridgehead atoms. The van der Waals surface area contributed by atoms with Gasteiger partial charge in [0.25, 0.3) is 5.91 Å². The van der Waals surface area contributed by atoms with Crippen molar-refractivity contribution in [2.24, 2.45) is 5.73 Å². The summed E-state index contributed by atoms with van der Waals surface area (Å²) < 4.78 is 33.5. The molecule has 3 amide bonds. The second kappa shape index (κ2) is 9.50. The third kappa shape index (κ3) is 4.99. The summed E-state index contributed by atoms with van der Waals surface area (Å²) in [6.07, 6.45) is 0.565. The number of carbonyl (C=O) groups is 2. The Kier molecular flexibility index (Phi) is 6.79. The number of amides is 3. The van der Waals surface area contributed by atoms with E-state index in [4.69, 9.17) is 10.5 Å². The first-order chi connectivity index (χ1) is 16.5. The zero-order valence-corrected chi connectivity index (χ0v) is 20.0. The van der Waals surface area contributed by atoms with Crippen LogP contribution >= 0.6 is 0 Å². The van der Waals surface area contributed by atoms with E-state index in [9.17, 15) is 23.5 Å². The molecule has 0 spiro atoms. The molecule has 4 rings (SSSR count). The number of benzene rings is 1. The highest BCUT2D eigenvalue weighted by molar-refractivity contribution is 5.94. The van der Waals surface area contributed by atoms with E-state index in [2.05, 4.69) is 15.6 Å². The number of aryl methyl sites for hydroxylation is 1. The van der Waals surface area contributed by atoms with E-state index >= 15 is 0 Å². The first-order valence-corrected chi connectivity index (χ1v) is 11.6. The number of aliphatic hydroxyl groups is 1. The number of hydrogen-bond acceptors (Lipinski definition) is 5. The summed E-state index contributed by atoms with van der Waals surface area (Å²) in [6.45, 7) is 6.39. The van der Waals surface area contributed by atoms with Crippen molar-refractivity contribution in [1.82, 2.24) is 10.3 Å². The van der Waals surface area contributed by atoms with Gasteiger partial charge in [-0.25, -0.2) is 18.6 Å². The third-order valence-electron chi connectivity index (χ3n) is 6.88. The number of primary amides is 1. The molecule has 1 saturated heterocycles. The van der Waals surface area contributed by atoms with Gasteiger partial charge in [-0.2, -0.15) is 0 Å². The molecule has 0 unspecified atom stereocenters. The van der Waals surface area contributed by atoms with Crippen molar-refractivity contribution in [1.29, 1.82) is 0 Å². The van der Waals surface area contributed by atoms with Gasteiger partial charge in [0.15, 0.2) is 11.6 Å². The molecule has 10 heteroatoms. The number of pyridine rings is 1. The number of nitrogens with two attached hydrogens (primary N) is 1. The van der Waals surface area contributed by atoms with Crippen molar-refractivity contribution in [2.45, 2.75) is 63.5 Å². The fraction of sp³-hybridized carbons (Fsp3) is 0.480. The van der Waals surface area contributed by atoms with E-state index in [0.717, 1.165) is 12.1 Å². The molecule has 2 atom stereocenters. The molecule has 1 aromatic carbocycles. The minimum atomic E-state index is -1.05. The first kappa shape index (κ1) is 25.0. The van der Waals surface area contributed by atoms with Crippen LogP contribution < -0.4 is 16.4 Å². The van der Waals surface area contributed by atoms with Crippen molar-refractivity contribution in [3.05, 3.63) is 57.9 Å². The third-order valence-corrected chi connectivity index (χ3v) is 6.88. The number of nitrogens with one attached hydrogen (secondary N) is 2. The van der Waals surface area contributed by atoms with E-state index in [1.165, 1.54) is 0 Å². The number of ether oxygens (including phenoxy) is 1. The number of aliphatic hydroxyl groups excluding tert-OH is 1. The lowest BCUT2D eigenvalue weighted by Gasteiger charge is -2.40.